The van der Waals surface area contributed by atoms with E-state index in [9.17, 15) is 14.4 Å². The Morgan fingerprint density at radius 1 is 1.32 bits per heavy atom. The van der Waals surface area contributed by atoms with Crippen molar-refractivity contribution in [3.63, 3.8) is 0 Å². The van der Waals surface area contributed by atoms with Crippen LogP contribution in [0.15, 0.2) is 30.3 Å². The van der Waals surface area contributed by atoms with Crippen LogP contribution in [0.3, 0.4) is 0 Å². The topological polar surface area (TPSA) is 95.9 Å². The van der Waals surface area contributed by atoms with Crippen molar-refractivity contribution in [1.82, 2.24) is 10.2 Å². The number of carbonyl (C=O) groups excluding carboxylic acids is 2. The van der Waals surface area contributed by atoms with Crippen LogP contribution in [0, 0.1) is 0 Å². The third-order valence-corrected chi connectivity index (χ3v) is 3.42. The van der Waals surface area contributed by atoms with Gasteiger partial charge in [-0.1, -0.05) is 30.3 Å². The number of carbonyl (C=O) groups is 3. The molecule has 7 heteroatoms. The number of amides is 2. The minimum Gasteiger partial charge on any atom is -0.465 e. The van der Waals surface area contributed by atoms with Crippen molar-refractivity contribution in [3.8, 4) is 0 Å². The van der Waals surface area contributed by atoms with Crippen molar-refractivity contribution in [2.24, 2.45) is 0 Å². The van der Waals surface area contributed by atoms with Gasteiger partial charge in [-0.25, -0.2) is 9.59 Å². The lowest BCUT2D eigenvalue weighted by atomic mass is 10.1. The Kier molecular flexibility index (Phi) is 5.35. The average molecular weight is 306 g/mol. The van der Waals surface area contributed by atoms with E-state index in [1.807, 2.05) is 30.3 Å². The smallest absolute Gasteiger partial charge is 0.408 e. The number of nitrogens with one attached hydrogen (secondary N) is 1. The fourth-order valence-corrected chi connectivity index (χ4v) is 2.24. The minimum atomic E-state index is -1.10. The minimum absolute atomic E-state index is 0.0470. The van der Waals surface area contributed by atoms with Gasteiger partial charge >= 0.3 is 12.2 Å². The Hall–Kier alpha value is -2.57. The van der Waals surface area contributed by atoms with E-state index in [0.29, 0.717) is 6.42 Å². The summed E-state index contributed by atoms with van der Waals surface area (Å²) in [6, 6.07) is 8.29. The molecule has 1 aliphatic rings. The number of hydrogen-bond acceptors (Lipinski definition) is 4. The van der Waals surface area contributed by atoms with Crippen molar-refractivity contribution in [3.05, 3.63) is 35.9 Å². The van der Waals surface area contributed by atoms with Crippen molar-refractivity contribution < 1.29 is 24.2 Å². The molecular weight excluding hydrogens is 288 g/mol. The van der Waals surface area contributed by atoms with Crippen LogP contribution in [0.5, 0.6) is 0 Å². The van der Waals surface area contributed by atoms with Gasteiger partial charge in [0.05, 0.1) is 6.54 Å². The predicted octanol–water partition coefficient (Wildman–Crippen LogP) is 1.62. The summed E-state index contributed by atoms with van der Waals surface area (Å²) in [5.74, 6) is -0.180. The highest BCUT2D eigenvalue weighted by atomic mass is 16.5. The molecule has 0 aromatic heterocycles. The van der Waals surface area contributed by atoms with Gasteiger partial charge in [0.1, 0.15) is 12.6 Å². The Morgan fingerprint density at radius 3 is 2.73 bits per heavy atom. The predicted molar refractivity (Wildman–Crippen MR) is 77.4 cm³/mol. The highest BCUT2D eigenvalue weighted by molar-refractivity contribution is 5.88. The first-order valence-electron chi connectivity index (χ1n) is 7.04. The maximum absolute atomic E-state index is 11.9. The molecular formula is C15H18N2O5. The van der Waals surface area contributed by atoms with Crippen molar-refractivity contribution in [1.29, 1.82) is 0 Å². The van der Waals surface area contributed by atoms with Crippen LogP contribution in [0.4, 0.5) is 9.59 Å². The maximum atomic E-state index is 11.9. The van der Waals surface area contributed by atoms with Gasteiger partial charge in [-0.2, -0.15) is 0 Å². The number of Topliss-reactive ketones (excluding diaryl/α,β-unsaturated/α-hetero) is 1. The number of ketones is 1. The fourth-order valence-electron chi connectivity index (χ4n) is 2.24. The van der Waals surface area contributed by atoms with Gasteiger partial charge in [-0.05, 0) is 12.0 Å². The first kappa shape index (κ1) is 15.8. The van der Waals surface area contributed by atoms with Gasteiger partial charge in [0.2, 0.25) is 0 Å². The molecule has 0 aliphatic carbocycles. The van der Waals surface area contributed by atoms with Gasteiger partial charge in [0, 0.05) is 13.0 Å². The maximum Gasteiger partial charge on any atom is 0.408 e. The van der Waals surface area contributed by atoms with Crippen LogP contribution in [0.25, 0.3) is 0 Å². The van der Waals surface area contributed by atoms with Crippen LogP contribution in [0.2, 0.25) is 0 Å². The zero-order valence-corrected chi connectivity index (χ0v) is 12.0. The summed E-state index contributed by atoms with van der Waals surface area (Å²) < 4.78 is 5.05. The molecule has 1 aliphatic heterocycles. The normalized spacial score (nSPS) is 18.5. The van der Waals surface area contributed by atoms with Gasteiger partial charge < -0.3 is 20.1 Å². The Labute approximate surface area is 127 Å². The quantitative estimate of drug-likeness (QED) is 0.884. The van der Waals surface area contributed by atoms with E-state index in [-0.39, 0.29) is 31.9 Å². The summed E-state index contributed by atoms with van der Waals surface area (Å²) in [4.78, 5) is 35.8. The molecule has 0 unspecified atom stereocenters. The Morgan fingerprint density at radius 2 is 2.05 bits per heavy atom. The first-order valence-corrected chi connectivity index (χ1v) is 7.04. The van der Waals surface area contributed by atoms with E-state index in [1.165, 1.54) is 0 Å². The molecule has 1 aromatic carbocycles. The molecule has 1 fully saturated rings. The SMILES string of the molecule is O=C(N[C@H]1CN(C(=O)O)CCCC1=O)OCc1ccccc1. The summed E-state index contributed by atoms with van der Waals surface area (Å²) in [6.07, 6.45) is -1.12. The standard InChI is InChI=1S/C15H18N2O5/c18-13-7-4-8-17(15(20)21)9-12(13)16-14(19)22-10-11-5-2-1-3-6-11/h1-3,5-6,12H,4,7-10H2,(H,16,19)(H,20,21)/t12-/m0/s1. The van der Waals surface area contributed by atoms with Crippen LogP contribution in [-0.4, -0.2) is 47.1 Å². The summed E-state index contributed by atoms with van der Waals surface area (Å²) >= 11 is 0. The van der Waals surface area contributed by atoms with E-state index in [4.69, 9.17) is 9.84 Å². The lowest BCUT2D eigenvalue weighted by Crippen LogP contribution is -2.48. The van der Waals surface area contributed by atoms with Crippen LogP contribution in [0.1, 0.15) is 18.4 Å². The molecule has 1 heterocycles. The molecule has 118 valence electrons. The Bertz CT molecular complexity index is 546. The number of benzene rings is 1. The van der Waals surface area contributed by atoms with Crippen LogP contribution in [-0.2, 0) is 16.1 Å². The molecule has 2 rings (SSSR count). The average Bonchev–Trinajstić information content (AvgIpc) is 2.69. The molecule has 0 spiro atoms. The molecule has 1 aromatic rings. The lowest BCUT2D eigenvalue weighted by molar-refractivity contribution is -0.120. The number of alkyl carbamates (subject to hydrolysis) is 1. The lowest BCUT2D eigenvalue weighted by Gasteiger charge is -2.21. The highest BCUT2D eigenvalue weighted by Crippen LogP contribution is 2.09. The number of ether oxygens (including phenoxy) is 1. The van der Waals surface area contributed by atoms with Crippen molar-refractivity contribution >= 4 is 18.0 Å². The second kappa shape index (κ2) is 7.44. The fraction of sp³-hybridized carbons (Fsp3) is 0.400. The molecule has 0 radical (unpaired) electrons. The molecule has 2 amide bonds. The zero-order valence-electron chi connectivity index (χ0n) is 12.0. The number of rotatable bonds is 3. The second-order valence-corrected chi connectivity index (χ2v) is 5.06. The van der Waals surface area contributed by atoms with Gasteiger partial charge in [0.25, 0.3) is 0 Å². The van der Waals surface area contributed by atoms with E-state index < -0.39 is 18.2 Å². The van der Waals surface area contributed by atoms with Gasteiger partial charge in [0.15, 0.2) is 5.78 Å². The monoisotopic (exact) mass is 306 g/mol. The third kappa shape index (κ3) is 4.47. The van der Waals surface area contributed by atoms with Crippen LogP contribution >= 0.6 is 0 Å². The molecule has 0 bridgehead atoms. The molecule has 1 atom stereocenters. The molecule has 22 heavy (non-hydrogen) atoms. The Balaban J connectivity index is 1.88. The third-order valence-electron chi connectivity index (χ3n) is 3.42. The van der Waals surface area contributed by atoms with Gasteiger partial charge in [-0.15, -0.1) is 0 Å². The summed E-state index contributed by atoms with van der Waals surface area (Å²) in [7, 11) is 0. The molecule has 0 saturated carbocycles. The van der Waals surface area contributed by atoms with Crippen molar-refractivity contribution in [2.45, 2.75) is 25.5 Å². The first-order chi connectivity index (χ1) is 10.6. The zero-order chi connectivity index (χ0) is 15.9. The van der Waals surface area contributed by atoms with Crippen LogP contribution < -0.4 is 5.32 Å². The molecule has 2 N–H and O–H groups in total. The summed E-state index contributed by atoms with van der Waals surface area (Å²) in [6.45, 7) is 0.336. The van der Waals surface area contributed by atoms with Gasteiger partial charge in [-0.3, -0.25) is 4.79 Å². The number of nitrogens with zero attached hydrogens (tertiary/aromatic N) is 1. The number of likely N-dealkylation sites (tertiary alicyclic amines) is 1. The second-order valence-electron chi connectivity index (χ2n) is 5.06. The summed E-state index contributed by atoms with van der Waals surface area (Å²) in [5.41, 5.74) is 0.831. The number of hydrogen-bond donors (Lipinski definition) is 2. The molecule has 1 saturated heterocycles. The number of carboxylic acid groups (broad SMARTS) is 1. The highest BCUT2D eigenvalue weighted by Gasteiger charge is 2.28. The largest absolute Gasteiger partial charge is 0.465 e. The van der Waals surface area contributed by atoms with E-state index in [2.05, 4.69) is 5.32 Å². The van der Waals surface area contributed by atoms with Crippen molar-refractivity contribution in [2.75, 3.05) is 13.1 Å². The summed E-state index contributed by atoms with van der Waals surface area (Å²) in [5, 5.41) is 11.5. The molecule has 7 nitrogen and oxygen atoms in total. The van der Waals surface area contributed by atoms with E-state index >= 15 is 0 Å². The van der Waals surface area contributed by atoms with E-state index in [0.717, 1.165) is 10.5 Å². The van der Waals surface area contributed by atoms with E-state index in [1.54, 1.807) is 0 Å².